The third-order valence-corrected chi connectivity index (χ3v) is 3.45. The van der Waals surface area contributed by atoms with Crippen molar-refractivity contribution < 1.29 is 6.11 Å². The Morgan fingerprint density at radius 1 is 1.55 bits per heavy atom. The van der Waals surface area contributed by atoms with Gasteiger partial charge in [-0.3, -0.25) is 0 Å². The van der Waals surface area contributed by atoms with E-state index in [2.05, 4.69) is 32.2 Å². The summed E-state index contributed by atoms with van der Waals surface area (Å²) in [5, 5.41) is 17.1. The van der Waals surface area contributed by atoms with Crippen molar-refractivity contribution in [1.29, 1.82) is 0 Å². The van der Waals surface area contributed by atoms with Crippen molar-refractivity contribution in [3.63, 3.8) is 0 Å². The first-order valence-corrected chi connectivity index (χ1v) is 6.99. The Morgan fingerprint density at radius 2 is 2.41 bits per heavy atom. The molecule has 0 saturated carbocycles. The van der Waals surface area contributed by atoms with Gasteiger partial charge in [0.2, 0.25) is 0 Å². The van der Waals surface area contributed by atoms with E-state index >= 15 is 0 Å². The molecule has 112 valence electrons. The first-order valence-electron chi connectivity index (χ1n) is 6.61. The molecule has 0 amide bonds. The molecular formula is C12H11N7O2S. The van der Waals surface area contributed by atoms with Gasteiger partial charge in [0.1, 0.15) is 6.61 Å². The van der Waals surface area contributed by atoms with Crippen LogP contribution < -0.4 is 10.4 Å². The lowest BCUT2D eigenvalue weighted by atomic mass is 10.1. The average Bonchev–Trinajstić information content (AvgIpc) is 3.11. The normalized spacial score (nSPS) is 11.2. The summed E-state index contributed by atoms with van der Waals surface area (Å²) in [5.74, 6) is 0.211. The Bertz CT molecular complexity index is 916. The fourth-order valence-corrected chi connectivity index (χ4v) is 2.17. The molecule has 0 bridgehead atoms. The van der Waals surface area contributed by atoms with Crippen LogP contribution >= 0.6 is 11.3 Å². The van der Waals surface area contributed by atoms with Gasteiger partial charge >= 0.3 is 5.69 Å². The summed E-state index contributed by atoms with van der Waals surface area (Å²) < 4.78 is 15.1. The number of tetrazole rings is 1. The van der Waals surface area contributed by atoms with Crippen LogP contribution in [-0.4, -0.2) is 35.0 Å². The molecule has 10 heteroatoms. The van der Waals surface area contributed by atoms with E-state index in [0.717, 1.165) is 9.36 Å². The number of hydrogen-bond donors (Lipinski definition) is 0. The first-order chi connectivity index (χ1) is 11.1. The molecule has 0 saturated heterocycles. The van der Waals surface area contributed by atoms with E-state index in [1.54, 1.807) is 11.5 Å². The Morgan fingerprint density at radius 3 is 3.05 bits per heavy atom. The van der Waals surface area contributed by atoms with E-state index in [0.29, 0.717) is 16.3 Å². The summed E-state index contributed by atoms with van der Waals surface area (Å²) in [6.45, 7) is 3.79. The van der Waals surface area contributed by atoms with Crippen LogP contribution in [0.1, 0.15) is 12.5 Å². The summed E-state index contributed by atoms with van der Waals surface area (Å²) in [4.78, 5) is 15.9. The van der Waals surface area contributed by atoms with E-state index in [9.17, 15) is 4.79 Å². The molecule has 0 aliphatic rings. The highest BCUT2D eigenvalue weighted by Crippen LogP contribution is 2.20. The van der Waals surface area contributed by atoms with Gasteiger partial charge in [0.25, 0.3) is 5.19 Å². The maximum absolute atomic E-state index is 12.0. The Kier molecular flexibility index (Phi) is 3.41. The molecule has 22 heavy (non-hydrogen) atoms. The molecule has 0 spiro atoms. The van der Waals surface area contributed by atoms with Gasteiger partial charge in [-0.15, -0.1) is 9.78 Å². The van der Waals surface area contributed by atoms with Crippen LogP contribution in [0.25, 0.3) is 11.9 Å². The molecule has 0 radical (unpaired) electrons. The highest BCUT2D eigenvalue weighted by Gasteiger charge is 2.17. The molecule has 0 aliphatic carbocycles. The zero-order valence-electron chi connectivity index (χ0n) is 12.5. The van der Waals surface area contributed by atoms with Crippen molar-refractivity contribution >= 4 is 17.4 Å². The molecule has 3 heterocycles. The predicted octanol–water partition coefficient (Wildman–Crippen LogP) is 0.434. The fourth-order valence-electron chi connectivity index (χ4n) is 1.74. The van der Waals surface area contributed by atoms with Crippen LogP contribution in [-0.2, 0) is 13.7 Å². The highest BCUT2D eigenvalue weighted by atomic mass is 32.1. The van der Waals surface area contributed by atoms with Gasteiger partial charge < -0.3 is 4.74 Å². The molecule has 9 nitrogen and oxygen atoms in total. The monoisotopic (exact) mass is 319 g/mol. The van der Waals surface area contributed by atoms with Gasteiger partial charge in [-0.2, -0.15) is 9.78 Å². The van der Waals surface area contributed by atoms with Crippen molar-refractivity contribution in [2.45, 2.75) is 6.61 Å². The molecule has 0 unspecified atom stereocenters. The summed E-state index contributed by atoms with van der Waals surface area (Å²) in [6.07, 6.45) is 3.22. The number of aryl methyl sites for hydroxylation is 1. The highest BCUT2D eigenvalue weighted by molar-refractivity contribution is 7.11. The molecule has 3 rings (SSSR count). The van der Waals surface area contributed by atoms with Crippen LogP contribution in [0.5, 0.6) is 5.19 Å². The van der Waals surface area contributed by atoms with Crippen molar-refractivity contribution in [3.05, 3.63) is 45.9 Å². The van der Waals surface area contributed by atoms with E-state index in [1.807, 2.05) is 0 Å². The molecule has 0 fully saturated rings. The predicted molar refractivity (Wildman–Crippen MR) is 78.7 cm³/mol. The van der Waals surface area contributed by atoms with Crippen LogP contribution in [0.15, 0.2) is 29.1 Å². The second-order valence-electron chi connectivity index (χ2n) is 4.13. The molecule has 0 aromatic carbocycles. The minimum Gasteiger partial charge on any atom is -0.465 e. The average molecular weight is 319 g/mol. The lowest BCUT2D eigenvalue weighted by Crippen LogP contribution is -2.24. The number of hydrogen-bond acceptors (Lipinski definition) is 8. The SMILES string of the molecule is [3H]c1csc(OCc2c(C=C)cnnc2-n2nnn(C)c2=O)n1. The van der Waals surface area contributed by atoms with Gasteiger partial charge in [-0.25, -0.2) is 9.78 Å². The minimum absolute atomic E-state index is 0.0716. The molecule has 3 aromatic heterocycles. The number of nitrogens with zero attached hydrogens (tertiary/aromatic N) is 7. The largest absolute Gasteiger partial charge is 0.465 e. The van der Waals surface area contributed by atoms with Crippen molar-refractivity contribution in [1.82, 2.24) is 35.0 Å². The molecule has 0 aliphatic heterocycles. The Labute approximate surface area is 129 Å². The van der Waals surface area contributed by atoms with Crippen LogP contribution in [0.2, 0.25) is 0 Å². The summed E-state index contributed by atoms with van der Waals surface area (Å²) >= 11 is 1.21. The maximum atomic E-state index is 12.0. The molecular weight excluding hydrogens is 306 g/mol. The van der Waals surface area contributed by atoms with Crippen LogP contribution in [0.4, 0.5) is 0 Å². The number of thiazole rings is 1. The second kappa shape index (κ2) is 5.85. The third-order valence-electron chi connectivity index (χ3n) is 2.82. The smallest absolute Gasteiger partial charge is 0.369 e. The maximum Gasteiger partial charge on any atom is 0.369 e. The van der Waals surface area contributed by atoms with Gasteiger partial charge in [0, 0.05) is 29.7 Å². The van der Waals surface area contributed by atoms with Crippen LogP contribution in [0, 0.1) is 0 Å². The lowest BCUT2D eigenvalue weighted by molar-refractivity contribution is 0.302. The van der Waals surface area contributed by atoms with Crippen LogP contribution in [0.3, 0.4) is 0 Å². The van der Waals surface area contributed by atoms with Crippen molar-refractivity contribution in [3.8, 4) is 11.0 Å². The topological polar surface area (TPSA) is 101 Å². The van der Waals surface area contributed by atoms with Gasteiger partial charge in [-0.05, 0) is 10.4 Å². The second-order valence-corrected chi connectivity index (χ2v) is 4.95. The van der Waals surface area contributed by atoms with Gasteiger partial charge in [0.15, 0.2) is 5.82 Å². The summed E-state index contributed by atoms with van der Waals surface area (Å²) in [5.41, 5.74) is 0.763. The van der Waals surface area contributed by atoms with E-state index in [-0.39, 0.29) is 18.6 Å². The number of rotatable bonds is 5. The quantitative estimate of drug-likeness (QED) is 0.672. The lowest BCUT2D eigenvalue weighted by Gasteiger charge is -2.09. The molecule has 0 N–H and O–H groups in total. The summed E-state index contributed by atoms with van der Waals surface area (Å²) in [7, 11) is 1.48. The molecule has 0 atom stereocenters. The van der Waals surface area contributed by atoms with Gasteiger partial charge in [-0.1, -0.05) is 24.0 Å². The van der Waals surface area contributed by atoms with Gasteiger partial charge in [0.05, 0.1) is 7.57 Å². The minimum atomic E-state index is -0.454. The zero-order chi connectivity index (χ0) is 16.4. The van der Waals surface area contributed by atoms with E-state index in [1.165, 1.54) is 24.6 Å². The Balaban J connectivity index is 2.01. The molecule has 3 aromatic rings. The third kappa shape index (κ3) is 2.51. The first kappa shape index (κ1) is 12.8. The fraction of sp³-hybridized carbons (Fsp3) is 0.167. The standard InChI is InChI=1S/C12H11N7O2S/c1-3-8-6-14-15-10(19-12(20)18(2)16-17-19)9(8)7-21-11-13-4-5-22-11/h3-6H,1,7H2,2H3/i4T. The number of ether oxygens (including phenoxy) is 1. The van der Waals surface area contributed by atoms with E-state index < -0.39 is 5.69 Å². The van der Waals surface area contributed by atoms with Crippen molar-refractivity contribution in [2.24, 2.45) is 7.05 Å². The van der Waals surface area contributed by atoms with E-state index in [4.69, 9.17) is 6.11 Å². The van der Waals surface area contributed by atoms with Crippen molar-refractivity contribution in [2.75, 3.05) is 0 Å². The summed E-state index contributed by atoms with van der Waals surface area (Å²) in [6, 6.07) is 0. The zero-order valence-corrected chi connectivity index (χ0v) is 12.3. The number of aromatic nitrogens is 7. The Hall–Kier alpha value is -2.88.